The van der Waals surface area contributed by atoms with Crippen LogP contribution in [0.2, 0.25) is 0 Å². The molecule has 0 spiro atoms. The normalized spacial score (nSPS) is 12.1. The van der Waals surface area contributed by atoms with Crippen LogP contribution in [0, 0.1) is 5.92 Å². The summed E-state index contributed by atoms with van der Waals surface area (Å²) in [5.74, 6) is 1.94. The molecule has 1 aromatic carbocycles. The topological polar surface area (TPSA) is 50.9 Å². The van der Waals surface area contributed by atoms with E-state index >= 15 is 0 Å². The summed E-state index contributed by atoms with van der Waals surface area (Å²) in [5, 5.41) is 18.0. The van der Waals surface area contributed by atoms with Crippen LogP contribution in [0.5, 0.6) is 0 Å². The van der Waals surface area contributed by atoms with Crippen LogP contribution in [0.4, 0.5) is 0 Å². The minimum atomic E-state index is -0.0859. The van der Waals surface area contributed by atoms with Crippen LogP contribution in [0.1, 0.15) is 46.0 Å². The monoisotopic (exact) mass is 287 g/mol. The molecule has 0 amide bonds. The maximum atomic E-state index is 9.50. The fourth-order valence-corrected chi connectivity index (χ4v) is 2.54. The average Bonchev–Trinajstić information content (AvgIpc) is 2.79. The first kappa shape index (κ1) is 15.7. The Morgan fingerprint density at radius 2 is 1.81 bits per heavy atom. The van der Waals surface area contributed by atoms with Gasteiger partial charge < -0.3 is 9.67 Å². The molecule has 0 radical (unpaired) electrons. The van der Waals surface area contributed by atoms with Gasteiger partial charge in [0.25, 0.3) is 0 Å². The largest absolute Gasteiger partial charge is 0.388 e. The van der Waals surface area contributed by atoms with Gasteiger partial charge in [-0.05, 0) is 16.9 Å². The van der Waals surface area contributed by atoms with Crippen LogP contribution in [0.25, 0.3) is 11.4 Å². The molecule has 0 atom stereocenters. The van der Waals surface area contributed by atoms with E-state index in [1.807, 2.05) is 10.6 Å². The summed E-state index contributed by atoms with van der Waals surface area (Å²) < 4.78 is 2.04. The van der Waals surface area contributed by atoms with Gasteiger partial charge in [-0.15, -0.1) is 10.2 Å². The Hall–Kier alpha value is -1.68. The van der Waals surface area contributed by atoms with E-state index in [1.165, 1.54) is 5.56 Å². The number of rotatable bonds is 4. The summed E-state index contributed by atoms with van der Waals surface area (Å²) in [6, 6.07) is 8.31. The summed E-state index contributed by atoms with van der Waals surface area (Å²) >= 11 is 0. The second-order valence-electron chi connectivity index (χ2n) is 6.90. The summed E-state index contributed by atoms with van der Waals surface area (Å²) in [6.45, 7) is 11.6. The fourth-order valence-electron chi connectivity index (χ4n) is 2.54. The minimum absolute atomic E-state index is 0.0323. The highest BCUT2D eigenvalue weighted by Crippen LogP contribution is 2.32. The van der Waals surface area contributed by atoms with Crippen molar-refractivity contribution in [2.24, 2.45) is 5.92 Å². The summed E-state index contributed by atoms with van der Waals surface area (Å²) in [5.41, 5.74) is 2.37. The third-order valence-electron chi connectivity index (χ3n) is 3.49. The van der Waals surface area contributed by atoms with Crippen LogP contribution < -0.4 is 0 Å². The Kier molecular flexibility index (Phi) is 4.47. The van der Waals surface area contributed by atoms with Gasteiger partial charge in [-0.1, -0.05) is 58.9 Å². The molecule has 4 heteroatoms. The van der Waals surface area contributed by atoms with E-state index in [9.17, 15) is 5.11 Å². The first-order valence-electron chi connectivity index (χ1n) is 7.47. The van der Waals surface area contributed by atoms with Gasteiger partial charge in [-0.25, -0.2) is 0 Å². The number of hydrogen-bond acceptors (Lipinski definition) is 3. The Balaban J connectivity index is 2.60. The zero-order valence-electron chi connectivity index (χ0n) is 13.6. The summed E-state index contributed by atoms with van der Waals surface area (Å²) in [4.78, 5) is 0. The minimum Gasteiger partial charge on any atom is -0.388 e. The maximum absolute atomic E-state index is 9.50. The van der Waals surface area contributed by atoms with Gasteiger partial charge in [-0.3, -0.25) is 0 Å². The van der Waals surface area contributed by atoms with Gasteiger partial charge in [0.1, 0.15) is 6.61 Å². The lowest BCUT2D eigenvalue weighted by Crippen LogP contribution is -2.15. The van der Waals surface area contributed by atoms with E-state index in [2.05, 4.69) is 63.0 Å². The molecular formula is C17H25N3O. The van der Waals surface area contributed by atoms with Gasteiger partial charge in [0.2, 0.25) is 0 Å². The van der Waals surface area contributed by atoms with Crippen molar-refractivity contribution in [2.45, 2.75) is 53.2 Å². The Labute approximate surface area is 126 Å². The molecule has 0 saturated carbocycles. The smallest absolute Gasteiger partial charge is 0.164 e. The van der Waals surface area contributed by atoms with Crippen LogP contribution in [0.3, 0.4) is 0 Å². The second-order valence-corrected chi connectivity index (χ2v) is 6.90. The quantitative estimate of drug-likeness (QED) is 0.937. The lowest BCUT2D eigenvalue weighted by atomic mass is 9.83. The molecule has 2 aromatic rings. The lowest BCUT2D eigenvalue weighted by molar-refractivity contribution is 0.262. The highest BCUT2D eigenvalue weighted by Gasteiger charge is 2.22. The molecule has 114 valence electrons. The molecule has 1 heterocycles. The molecule has 0 aliphatic heterocycles. The van der Waals surface area contributed by atoms with E-state index in [4.69, 9.17) is 0 Å². The predicted octanol–water partition coefficient (Wildman–Crippen LogP) is 3.39. The molecule has 0 bridgehead atoms. The van der Waals surface area contributed by atoms with E-state index < -0.39 is 0 Å². The van der Waals surface area contributed by atoms with Crippen molar-refractivity contribution in [2.75, 3.05) is 0 Å². The van der Waals surface area contributed by atoms with E-state index in [1.54, 1.807) is 0 Å². The standard InChI is InChI=1S/C17H25N3O/c1-12(2)10-20-15(11-21)18-19-16(20)13-8-6-7-9-14(13)17(3,4)5/h6-9,12,21H,10-11H2,1-5H3. The van der Waals surface area contributed by atoms with Crippen molar-refractivity contribution >= 4 is 0 Å². The third kappa shape index (κ3) is 3.32. The van der Waals surface area contributed by atoms with Crippen molar-refractivity contribution in [3.63, 3.8) is 0 Å². The number of nitrogens with zero attached hydrogens (tertiary/aromatic N) is 3. The van der Waals surface area contributed by atoms with Crippen molar-refractivity contribution in [3.8, 4) is 11.4 Å². The van der Waals surface area contributed by atoms with Crippen LogP contribution in [-0.2, 0) is 18.6 Å². The number of aliphatic hydroxyl groups excluding tert-OH is 1. The first-order chi connectivity index (χ1) is 9.84. The second kappa shape index (κ2) is 5.98. The molecule has 1 aromatic heterocycles. The first-order valence-corrected chi connectivity index (χ1v) is 7.47. The van der Waals surface area contributed by atoms with Crippen molar-refractivity contribution in [3.05, 3.63) is 35.7 Å². The van der Waals surface area contributed by atoms with Crippen LogP contribution >= 0.6 is 0 Å². The molecule has 2 rings (SSSR count). The van der Waals surface area contributed by atoms with Gasteiger partial charge in [0.15, 0.2) is 11.6 Å². The van der Waals surface area contributed by atoms with Crippen molar-refractivity contribution < 1.29 is 5.11 Å². The van der Waals surface area contributed by atoms with Gasteiger partial charge in [-0.2, -0.15) is 0 Å². The Bertz CT molecular complexity index is 609. The molecular weight excluding hydrogens is 262 g/mol. The number of aliphatic hydroxyl groups is 1. The third-order valence-corrected chi connectivity index (χ3v) is 3.49. The number of aromatic nitrogens is 3. The van der Waals surface area contributed by atoms with Gasteiger partial charge in [0, 0.05) is 12.1 Å². The fraction of sp³-hybridized carbons (Fsp3) is 0.529. The van der Waals surface area contributed by atoms with Crippen molar-refractivity contribution in [1.29, 1.82) is 0 Å². The summed E-state index contributed by atoms with van der Waals surface area (Å²) in [7, 11) is 0. The van der Waals surface area contributed by atoms with Crippen molar-refractivity contribution in [1.82, 2.24) is 14.8 Å². The van der Waals surface area contributed by atoms with Crippen LogP contribution in [0.15, 0.2) is 24.3 Å². The molecule has 0 aliphatic rings. The molecule has 0 saturated heterocycles. The van der Waals surface area contributed by atoms with E-state index in [0.717, 1.165) is 17.9 Å². The molecule has 4 nitrogen and oxygen atoms in total. The highest BCUT2D eigenvalue weighted by molar-refractivity contribution is 5.62. The van der Waals surface area contributed by atoms with Crippen LogP contribution in [-0.4, -0.2) is 19.9 Å². The Morgan fingerprint density at radius 3 is 2.38 bits per heavy atom. The molecule has 0 fully saturated rings. The molecule has 1 N–H and O–H groups in total. The van der Waals surface area contributed by atoms with E-state index in [-0.39, 0.29) is 12.0 Å². The van der Waals surface area contributed by atoms with E-state index in [0.29, 0.717) is 11.7 Å². The highest BCUT2D eigenvalue weighted by atomic mass is 16.3. The SMILES string of the molecule is CC(C)Cn1c(CO)nnc1-c1ccccc1C(C)(C)C. The lowest BCUT2D eigenvalue weighted by Gasteiger charge is -2.23. The molecule has 0 aliphatic carbocycles. The number of hydrogen-bond donors (Lipinski definition) is 1. The predicted molar refractivity (Wildman–Crippen MR) is 84.9 cm³/mol. The Morgan fingerprint density at radius 1 is 1.14 bits per heavy atom. The zero-order valence-corrected chi connectivity index (χ0v) is 13.6. The van der Waals surface area contributed by atoms with Gasteiger partial charge >= 0.3 is 0 Å². The van der Waals surface area contributed by atoms with Gasteiger partial charge in [0.05, 0.1) is 0 Å². The summed E-state index contributed by atoms with van der Waals surface area (Å²) in [6.07, 6.45) is 0. The zero-order chi connectivity index (χ0) is 15.6. The molecule has 0 unspecified atom stereocenters. The average molecular weight is 287 g/mol. The molecule has 21 heavy (non-hydrogen) atoms. The maximum Gasteiger partial charge on any atom is 0.164 e. The number of benzene rings is 1.